The van der Waals surface area contributed by atoms with Crippen LogP contribution in [0.2, 0.25) is 0 Å². The molecule has 1 aliphatic rings. The predicted molar refractivity (Wildman–Crippen MR) is 83.4 cm³/mol. The molecule has 3 rings (SSSR count). The quantitative estimate of drug-likeness (QED) is 0.901. The van der Waals surface area contributed by atoms with Gasteiger partial charge in [0.1, 0.15) is 5.56 Å². The Labute approximate surface area is 140 Å². The third kappa shape index (κ3) is 3.13. The van der Waals surface area contributed by atoms with Gasteiger partial charge in [-0.1, -0.05) is 6.92 Å². The zero-order chi connectivity index (χ0) is 18.4. The molecule has 2 aromatic rings. The molecule has 25 heavy (non-hydrogen) atoms. The smallest absolute Gasteiger partial charge is 0.315 e. The highest BCUT2D eigenvalue weighted by Gasteiger charge is 2.31. The van der Waals surface area contributed by atoms with E-state index in [1.807, 2.05) is 6.92 Å². The molecular weight excluding hydrogens is 337 g/mol. The van der Waals surface area contributed by atoms with Crippen LogP contribution in [0.5, 0.6) is 0 Å². The standard InChI is InChI=1S/C16H15F3N4O2/c1-8-3-4-12-10(8)5-11(14(25)23(12)2)13(24)22-15-20-6-9(7-21-15)16(17,18)19/h5-8H,3-4H2,1-2H3,(H,20,21,22,24)/t8-/m1/s1. The van der Waals surface area contributed by atoms with E-state index in [1.165, 1.54) is 4.57 Å². The van der Waals surface area contributed by atoms with Crippen molar-refractivity contribution in [2.75, 3.05) is 5.32 Å². The summed E-state index contributed by atoms with van der Waals surface area (Å²) in [7, 11) is 1.60. The predicted octanol–water partition coefficient (Wildman–Crippen LogP) is 2.50. The molecule has 0 spiro atoms. The van der Waals surface area contributed by atoms with Crippen molar-refractivity contribution in [3.8, 4) is 0 Å². The number of pyridine rings is 1. The van der Waals surface area contributed by atoms with E-state index in [-0.39, 0.29) is 17.4 Å². The fourth-order valence-corrected chi connectivity index (χ4v) is 2.92. The van der Waals surface area contributed by atoms with E-state index in [2.05, 4.69) is 15.3 Å². The van der Waals surface area contributed by atoms with Gasteiger partial charge >= 0.3 is 6.18 Å². The number of carbonyl (C=O) groups excluding carboxylic acids is 1. The van der Waals surface area contributed by atoms with Gasteiger partial charge in [0, 0.05) is 25.1 Å². The van der Waals surface area contributed by atoms with Gasteiger partial charge in [0.15, 0.2) is 0 Å². The number of amides is 1. The van der Waals surface area contributed by atoms with Crippen LogP contribution in [0.1, 0.15) is 46.4 Å². The molecule has 1 aliphatic carbocycles. The van der Waals surface area contributed by atoms with E-state index in [4.69, 9.17) is 0 Å². The van der Waals surface area contributed by atoms with Crippen molar-refractivity contribution in [2.45, 2.75) is 31.9 Å². The second-order valence-electron chi connectivity index (χ2n) is 6.01. The average molecular weight is 352 g/mol. The van der Waals surface area contributed by atoms with Crippen LogP contribution in [0.4, 0.5) is 19.1 Å². The number of carbonyl (C=O) groups is 1. The lowest BCUT2D eigenvalue weighted by atomic mass is 10.0. The summed E-state index contributed by atoms with van der Waals surface area (Å²) >= 11 is 0. The van der Waals surface area contributed by atoms with Gasteiger partial charge in [-0.2, -0.15) is 13.2 Å². The molecule has 0 saturated heterocycles. The number of nitrogens with one attached hydrogen (secondary N) is 1. The number of anilines is 1. The first-order valence-electron chi connectivity index (χ1n) is 7.62. The molecule has 0 aliphatic heterocycles. The van der Waals surface area contributed by atoms with Crippen LogP contribution < -0.4 is 10.9 Å². The third-order valence-electron chi connectivity index (χ3n) is 4.37. The topological polar surface area (TPSA) is 76.9 Å². The van der Waals surface area contributed by atoms with Crippen molar-refractivity contribution >= 4 is 11.9 Å². The molecule has 0 saturated carbocycles. The highest BCUT2D eigenvalue weighted by molar-refractivity contribution is 6.03. The Morgan fingerprint density at radius 2 is 1.96 bits per heavy atom. The molecule has 0 bridgehead atoms. The first kappa shape index (κ1) is 17.1. The summed E-state index contributed by atoms with van der Waals surface area (Å²) in [6.45, 7) is 2.01. The number of hydrogen-bond acceptors (Lipinski definition) is 4. The highest BCUT2D eigenvalue weighted by atomic mass is 19.4. The molecule has 6 nitrogen and oxygen atoms in total. The van der Waals surface area contributed by atoms with E-state index in [0.29, 0.717) is 12.4 Å². The minimum Gasteiger partial charge on any atom is -0.315 e. The maximum Gasteiger partial charge on any atom is 0.419 e. The molecule has 0 aromatic carbocycles. The highest BCUT2D eigenvalue weighted by Crippen LogP contribution is 2.32. The zero-order valence-corrected chi connectivity index (χ0v) is 13.5. The summed E-state index contributed by atoms with van der Waals surface area (Å²) in [6, 6.07) is 1.55. The molecular formula is C16H15F3N4O2. The summed E-state index contributed by atoms with van der Waals surface area (Å²) in [5, 5.41) is 2.27. The molecule has 1 atom stereocenters. The molecule has 0 radical (unpaired) electrons. The van der Waals surface area contributed by atoms with Gasteiger partial charge in [0.05, 0.1) is 5.56 Å². The molecule has 2 aromatic heterocycles. The molecule has 1 N–H and O–H groups in total. The minimum atomic E-state index is -4.56. The Hall–Kier alpha value is -2.71. The number of nitrogens with zero attached hydrogens (tertiary/aromatic N) is 3. The van der Waals surface area contributed by atoms with Crippen LogP contribution in [0.25, 0.3) is 0 Å². The Bertz CT molecular complexity index is 888. The van der Waals surface area contributed by atoms with Crippen molar-refractivity contribution in [1.82, 2.24) is 14.5 Å². The molecule has 0 unspecified atom stereocenters. The van der Waals surface area contributed by atoms with Crippen LogP contribution in [0, 0.1) is 0 Å². The summed E-state index contributed by atoms with van der Waals surface area (Å²) < 4.78 is 38.9. The number of hydrogen-bond donors (Lipinski definition) is 1. The Kier molecular flexibility index (Phi) is 4.09. The number of fused-ring (bicyclic) bond motifs is 1. The second-order valence-corrected chi connectivity index (χ2v) is 6.01. The summed E-state index contributed by atoms with van der Waals surface area (Å²) in [6.07, 6.45) is -1.74. The molecule has 9 heteroatoms. The van der Waals surface area contributed by atoms with Gasteiger partial charge in [-0.3, -0.25) is 14.9 Å². The summed E-state index contributed by atoms with van der Waals surface area (Å²) in [5.41, 5.74) is 0.268. The Morgan fingerprint density at radius 1 is 1.32 bits per heavy atom. The van der Waals surface area contributed by atoms with E-state index >= 15 is 0 Å². The minimum absolute atomic E-state index is 0.0847. The fraction of sp³-hybridized carbons (Fsp3) is 0.375. The van der Waals surface area contributed by atoms with Crippen LogP contribution in [0.15, 0.2) is 23.3 Å². The van der Waals surface area contributed by atoms with Crippen LogP contribution >= 0.6 is 0 Å². The normalized spacial score (nSPS) is 16.6. The van der Waals surface area contributed by atoms with Crippen molar-refractivity contribution in [3.63, 3.8) is 0 Å². The van der Waals surface area contributed by atoms with Crippen molar-refractivity contribution in [2.24, 2.45) is 7.05 Å². The molecule has 132 valence electrons. The first-order chi connectivity index (χ1) is 11.7. The fourth-order valence-electron chi connectivity index (χ4n) is 2.92. The maximum atomic E-state index is 12.5. The monoisotopic (exact) mass is 352 g/mol. The zero-order valence-electron chi connectivity index (χ0n) is 13.5. The number of rotatable bonds is 2. The largest absolute Gasteiger partial charge is 0.419 e. The van der Waals surface area contributed by atoms with Gasteiger partial charge in [-0.25, -0.2) is 9.97 Å². The van der Waals surface area contributed by atoms with Crippen molar-refractivity contribution in [3.05, 3.63) is 51.2 Å². The molecule has 0 fully saturated rings. The van der Waals surface area contributed by atoms with E-state index in [9.17, 15) is 22.8 Å². The summed E-state index contributed by atoms with van der Waals surface area (Å²) in [4.78, 5) is 31.7. The number of halogens is 3. The van der Waals surface area contributed by atoms with Crippen molar-refractivity contribution < 1.29 is 18.0 Å². The number of aromatic nitrogens is 3. The SMILES string of the molecule is C[C@@H]1CCc2c1cc(C(=O)Nc1ncc(C(F)(F)F)cn1)c(=O)n2C. The van der Waals surface area contributed by atoms with Gasteiger partial charge in [0.25, 0.3) is 11.5 Å². The lowest BCUT2D eigenvalue weighted by Gasteiger charge is -2.12. The van der Waals surface area contributed by atoms with Gasteiger partial charge in [-0.05, 0) is 30.4 Å². The maximum absolute atomic E-state index is 12.5. The van der Waals surface area contributed by atoms with Crippen LogP contribution in [-0.4, -0.2) is 20.4 Å². The van der Waals surface area contributed by atoms with E-state index < -0.39 is 23.2 Å². The second kappa shape index (κ2) is 5.98. The van der Waals surface area contributed by atoms with Crippen LogP contribution in [0.3, 0.4) is 0 Å². The lowest BCUT2D eigenvalue weighted by molar-refractivity contribution is -0.138. The van der Waals surface area contributed by atoms with E-state index in [0.717, 1.165) is 24.1 Å². The van der Waals surface area contributed by atoms with Gasteiger partial charge in [-0.15, -0.1) is 0 Å². The third-order valence-corrected chi connectivity index (χ3v) is 4.37. The summed E-state index contributed by atoms with van der Waals surface area (Å²) in [5.74, 6) is -0.813. The molecule has 2 heterocycles. The van der Waals surface area contributed by atoms with Gasteiger partial charge < -0.3 is 4.57 Å². The van der Waals surface area contributed by atoms with Crippen LogP contribution in [-0.2, 0) is 19.6 Å². The number of alkyl halides is 3. The first-order valence-corrected chi connectivity index (χ1v) is 7.62. The van der Waals surface area contributed by atoms with E-state index in [1.54, 1.807) is 13.1 Å². The average Bonchev–Trinajstić information content (AvgIpc) is 2.91. The molecule has 1 amide bonds. The van der Waals surface area contributed by atoms with Gasteiger partial charge in [0.2, 0.25) is 5.95 Å². The Morgan fingerprint density at radius 3 is 2.56 bits per heavy atom. The lowest BCUT2D eigenvalue weighted by Crippen LogP contribution is -2.30. The van der Waals surface area contributed by atoms with Crippen molar-refractivity contribution in [1.29, 1.82) is 0 Å². The Balaban J connectivity index is 1.88.